The second-order valence-electron chi connectivity index (χ2n) is 7.06. The maximum atomic E-state index is 13.6. The molecule has 0 unspecified atom stereocenters. The Labute approximate surface area is 152 Å². The fraction of sp³-hybridized carbons (Fsp3) is 0.333. The Balaban J connectivity index is 1.38. The van der Waals surface area contributed by atoms with Crippen LogP contribution in [-0.2, 0) is 17.7 Å². The lowest BCUT2D eigenvalue weighted by atomic mass is 10.0. The minimum absolute atomic E-state index is 0.166. The van der Waals surface area contributed by atoms with E-state index >= 15 is 0 Å². The van der Waals surface area contributed by atoms with Crippen LogP contribution in [-0.4, -0.2) is 37.8 Å². The van der Waals surface area contributed by atoms with Gasteiger partial charge in [0.05, 0.1) is 19.8 Å². The highest BCUT2D eigenvalue weighted by atomic mass is 19.1. The van der Waals surface area contributed by atoms with Gasteiger partial charge in [-0.3, -0.25) is 0 Å². The lowest BCUT2D eigenvalue weighted by Gasteiger charge is -2.31. The van der Waals surface area contributed by atoms with Crippen LogP contribution in [0.3, 0.4) is 0 Å². The van der Waals surface area contributed by atoms with Crippen molar-refractivity contribution in [3.05, 3.63) is 59.5 Å². The zero-order valence-corrected chi connectivity index (χ0v) is 14.7. The van der Waals surface area contributed by atoms with Crippen LogP contribution in [0.4, 0.5) is 15.8 Å². The Morgan fingerprint density at radius 3 is 2.38 bits per heavy atom. The molecule has 1 N–H and O–H groups in total. The van der Waals surface area contributed by atoms with E-state index in [0.29, 0.717) is 0 Å². The summed E-state index contributed by atoms with van der Waals surface area (Å²) in [5.74, 6) is -0.166. The number of morpholine rings is 1. The Morgan fingerprint density at radius 2 is 1.62 bits per heavy atom. The number of aromatic amines is 1. The van der Waals surface area contributed by atoms with E-state index < -0.39 is 0 Å². The fourth-order valence-electron chi connectivity index (χ4n) is 4.13. The minimum atomic E-state index is -0.166. The molecule has 1 aromatic heterocycles. The maximum absolute atomic E-state index is 13.6. The van der Waals surface area contributed by atoms with Gasteiger partial charge in [-0.1, -0.05) is 0 Å². The van der Waals surface area contributed by atoms with Gasteiger partial charge in [0, 0.05) is 47.6 Å². The third-order valence-corrected chi connectivity index (χ3v) is 5.53. The highest BCUT2D eigenvalue weighted by Crippen LogP contribution is 2.31. The molecule has 3 heterocycles. The van der Waals surface area contributed by atoms with E-state index in [9.17, 15) is 4.39 Å². The van der Waals surface area contributed by atoms with Gasteiger partial charge < -0.3 is 19.5 Å². The van der Waals surface area contributed by atoms with Gasteiger partial charge in [-0.25, -0.2) is 4.39 Å². The first-order valence-electron chi connectivity index (χ1n) is 9.24. The van der Waals surface area contributed by atoms with Crippen LogP contribution < -0.4 is 9.80 Å². The molecule has 134 valence electrons. The van der Waals surface area contributed by atoms with Crippen LogP contribution >= 0.6 is 0 Å². The van der Waals surface area contributed by atoms with Crippen LogP contribution in [0, 0.1) is 5.82 Å². The maximum Gasteiger partial charge on any atom is 0.123 e. The van der Waals surface area contributed by atoms with E-state index in [0.717, 1.165) is 56.7 Å². The standard InChI is InChI=1S/C21H22FN3O/c22-15-1-6-20-19(13-15)18-7-8-25(14-21(18)23-20)17-4-2-16(3-5-17)24-9-11-26-12-10-24/h1-6,13,23H,7-12,14H2. The second-order valence-corrected chi connectivity index (χ2v) is 7.06. The number of anilines is 2. The fourth-order valence-corrected chi connectivity index (χ4v) is 4.13. The van der Waals surface area contributed by atoms with Crippen LogP contribution in [0.2, 0.25) is 0 Å². The molecule has 1 saturated heterocycles. The van der Waals surface area contributed by atoms with Crippen molar-refractivity contribution in [1.82, 2.24) is 4.98 Å². The van der Waals surface area contributed by atoms with Gasteiger partial charge in [0.2, 0.25) is 0 Å². The van der Waals surface area contributed by atoms with Crippen molar-refractivity contribution in [2.45, 2.75) is 13.0 Å². The molecule has 2 aliphatic heterocycles. The third-order valence-electron chi connectivity index (χ3n) is 5.53. The van der Waals surface area contributed by atoms with Gasteiger partial charge >= 0.3 is 0 Å². The summed E-state index contributed by atoms with van der Waals surface area (Å²) in [5.41, 5.74) is 5.99. The predicted molar refractivity (Wildman–Crippen MR) is 102 cm³/mol. The van der Waals surface area contributed by atoms with Crippen molar-refractivity contribution in [3.63, 3.8) is 0 Å². The Bertz CT molecular complexity index is 928. The summed E-state index contributed by atoms with van der Waals surface area (Å²) in [5, 5.41) is 1.03. The van der Waals surface area contributed by atoms with E-state index in [2.05, 4.69) is 39.0 Å². The van der Waals surface area contributed by atoms with Crippen LogP contribution in [0.1, 0.15) is 11.3 Å². The predicted octanol–water partition coefficient (Wildman–Crippen LogP) is 3.71. The van der Waals surface area contributed by atoms with Crippen LogP contribution in [0.5, 0.6) is 0 Å². The van der Waals surface area contributed by atoms with Crippen molar-refractivity contribution in [2.24, 2.45) is 0 Å². The van der Waals surface area contributed by atoms with Crippen molar-refractivity contribution in [1.29, 1.82) is 0 Å². The first kappa shape index (κ1) is 15.7. The van der Waals surface area contributed by atoms with Gasteiger partial charge in [0.1, 0.15) is 5.82 Å². The van der Waals surface area contributed by atoms with Gasteiger partial charge in [-0.15, -0.1) is 0 Å². The molecule has 5 rings (SSSR count). The normalized spacial score (nSPS) is 17.6. The number of hydrogen-bond donors (Lipinski definition) is 1. The molecule has 0 bridgehead atoms. The van der Waals surface area contributed by atoms with E-state index in [1.54, 1.807) is 6.07 Å². The molecule has 0 radical (unpaired) electrons. The topological polar surface area (TPSA) is 31.5 Å². The average Bonchev–Trinajstić information content (AvgIpc) is 3.06. The molecule has 2 aliphatic rings. The van der Waals surface area contributed by atoms with Crippen molar-refractivity contribution in [3.8, 4) is 0 Å². The smallest absolute Gasteiger partial charge is 0.123 e. The molecule has 0 saturated carbocycles. The van der Waals surface area contributed by atoms with Gasteiger partial charge in [-0.2, -0.15) is 0 Å². The highest BCUT2D eigenvalue weighted by Gasteiger charge is 2.21. The molecule has 5 heteroatoms. The molecular weight excluding hydrogens is 329 g/mol. The summed E-state index contributed by atoms with van der Waals surface area (Å²) in [6.07, 6.45) is 0.935. The van der Waals surface area contributed by atoms with E-state index in [4.69, 9.17) is 4.74 Å². The van der Waals surface area contributed by atoms with Crippen molar-refractivity contribution >= 4 is 22.3 Å². The lowest BCUT2D eigenvalue weighted by Crippen LogP contribution is -2.36. The summed E-state index contributed by atoms with van der Waals surface area (Å²) >= 11 is 0. The first-order valence-corrected chi connectivity index (χ1v) is 9.24. The molecule has 2 aromatic carbocycles. The molecular formula is C21H22FN3O. The van der Waals surface area contributed by atoms with E-state index in [1.807, 2.05) is 6.07 Å². The highest BCUT2D eigenvalue weighted by molar-refractivity contribution is 5.85. The van der Waals surface area contributed by atoms with E-state index in [-0.39, 0.29) is 5.82 Å². The minimum Gasteiger partial charge on any atom is -0.378 e. The lowest BCUT2D eigenvalue weighted by molar-refractivity contribution is 0.122. The number of H-pyrrole nitrogens is 1. The molecule has 0 atom stereocenters. The number of fused-ring (bicyclic) bond motifs is 3. The Morgan fingerprint density at radius 1 is 0.885 bits per heavy atom. The second kappa shape index (κ2) is 6.32. The molecule has 3 aromatic rings. The number of rotatable bonds is 2. The van der Waals surface area contributed by atoms with Crippen molar-refractivity contribution in [2.75, 3.05) is 42.6 Å². The summed E-state index contributed by atoms with van der Waals surface area (Å²) in [6.45, 7) is 5.31. The largest absolute Gasteiger partial charge is 0.378 e. The zero-order valence-electron chi connectivity index (χ0n) is 14.7. The quantitative estimate of drug-likeness (QED) is 0.764. The van der Waals surface area contributed by atoms with Crippen LogP contribution in [0.25, 0.3) is 10.9 Å². The molecule has 1 fully saturated rings. The van der Waals surface area contributed by atoms with Crippen LogP contribution in [0.15, 0.2) is 42.5 Å². The number of halogens is 1. The first-order chi connectivity index (χ1) is 12.8. The zero-order chi connectivity index (χ0) is 17.5. The third kappa shape index (κ3) is 2.72. The number of nitrogens with zero attached hydrogens (tertiary/aromatic N) is 2. The number of ether oxygens (including phenoxy) is 1. The summed E-state index contributed by atoms with van der Waals surface area (Å²) in [6, 6.07) is 13.8. The summed E-state index contributed by atoms with van der Waals surface area (Å²) < 4.78 is 19.0. The van der Waals surface area contributed by atoms with Gasteiger partial charge in [-0.05, 0) is 54.4 Å². The monoisotopic (exact) mass is 351 g/mol. The SMILES string of the molecule is Fc1ccc2[nH]c3c(c2c1)CCN(c1ccc(N2CCOCC2)cc1)C3. The van der Waals surface area contributed by atoms with Gasteiger partial charge in [0.25, 0.3) is 0 Å². The Hall–Kier alpha value is -2.53. The number of benzene rings is 2. The van der Waals surface area contributed by atoms with E-state index in [1.165, 1.54) is 28.7 Å². The molecule has 0 aliphatic carbocycles. The van der Waals surface area contributed by atoms with Gasteiger partial charge in [0.15, 0.2) is 0 Å². The average molecular weight is 351 g/mol. The number of aromatic nitrogens is 1. The summed E-state index contributed by atoms with van der Waals surface area (Å²) in [7, 11) is 0. The molecule has 26 heavy (non-hydrogen) atoms. The van der Waals surface area contributed by atoms with Crippen molar-refractivity contribution < 1.29 is 9.13 Å². The Kier molecular flexibility index (Phi) is 3.82. The molecule has 0 amide bonds. The molecule has 4 nitrogen and oxygen atoms in total. The number of hydrogen-bond acceptors (Lipinski definition) is 3. The summed E-state index contributed by atoms with van der Waals surface area (Å²) in [4.78, 5) is 8.23. The molecule has 0 spiro atoms. The number of nitrogens with one attached hydrogen (secondary N) is 1.